The number of aryl methyl sites for hydroxylation is 2. The average molecular weight is 515 g/mol. The first kappa shape index (κ1) is 29.9. The van der Waals surface area contributed by atoms with Crippen molar-refractivity contribution in [2.75, 3.05) is 0 Å². The number of aromatic nitrogens is 2. The van der Waals surface area contributed by atoms with Crippen LogP contribution in [0.3, 0.4) is 0 Å². The van der Waals surface area contributed by atoms with Crippen molar-refractivity contribution in [3.05, 3.63) is 77.6 Å². The molecule has 38 heavy (non-hydrogen) atoms. The maximum Gasteiger partial charge on any atom is 0.159 e. The van der Waals surface area contributed by atoms with Crippen molar-refractivity contribution in [3.8, 4) is 17.1 Å². The third kappa shape index (κ3) is 11.8. The van der Waals surface area contributed by atoms with Crippen molar-refractivity contribution >= 4 is 0 Å². The van der Waals surface area contributed by atoms with Gasteiger partial charge in [-0.2, -0.15) is 0 Å². The second-order valence-electron chi connectivity index (χ2n) is 10.8. The molecule has 1 aromatic heterocycles. The van der Waals surface area contributed by atoms with Crippen molar-refractivity contribution in [1.82, 2.24) is 9.97 Å². The van der Waals surface area contributed by atoms with Gasteiger partial charge in [-0.15, -0.1) is 0 Å². The van der Waals surface area contributed by atoms with Crippen molar-refractivity contribution in [1.29, 1.82) is 0 Å². The number of benzene rings is 2. The predicted molar refractivity (Wildman–Crippen MR) is 162 cm³/mol. The monoisotopic (exact) mass is 514 g/mol. The van der Waals surface area contributed by atoms with Crippen molar-refractivity contribution in [3.63, 3.8) is 0 Å². The van der Waals surface area contributed by atoms with Gasteiger partial charge in [0.15, 0.2) is 11.6 Å². The van der Waals surface area contributed by atoms with Crippen molar-refractivity contribution in [2.24, 2.45) is 0 Å². The Bertz CT molecular complexity index is 980. The van der Waals surface area contributed by atoms with E-state index in [1.165, 1.54) is 113 Å². The van der Waals surface area contributed by atoms with Gasteiger partial charge in [-0.05, 0) is 42.4 Å². The van der Waals surface area contributed by atoms with Crippen LogP contribution in [0.25, 0.3) is 11.4 Å². The minimum Gasteiger partial charge on any atom is -0.486 e. The fourth-order valence-corrected chi connectivity index (χ4v) is 4.90. The van der Waals surface area contributed by atoms with Crippen LogP contribution in [0, 0.1) is 0 Å². The highest BCUT2D eigenvalue weighted by Crippen LogP contribution is 2.20. The summed E-state index contributed by atoms with van der Waals surface area (Å²) in [4.78, 5) is 9.09. The number of hydrogen-bond acceptors (Lipinski definition) is 3. The molecule has 0 aliphatic heterocycles. The molecule has 0 amide bonds. The van der Waals surface area contributed by atoms with Crippen LogP contribution >= 0.6 is 0 Å². The largest absolute Gasteiger partial charge is 0.486 e. The third-order valence-corrected chi connectivity index (χ3v) is 7.41. The normalized spacial score (nSPS) is 11.1. The Balaban J connectivity index is 1.34. The van der Waals surface area contributed by atoms with Crippen LogP contribution < -0.4 is 4.74 Å². The Morgan fingerprint density at radius 1 is 0.500 bits per heavy atom. The van der Waals surface area contributed by atoms with E-state index in [2.05, 4.69) is 72.3 Å². The fourth-order valence-electron chi connectivity index (χ4n) is 4.90. The summed E-state index contributed by atoms with van der Waals surface area (Å²) in [7, 11) is 0. The van der Waals surface area contributed by atoms with Gasteiger partial charge in [0.05, 0.1) is 12.4 Å². The summed E-state index contributed by atoms with van der Waals surface area (Å²) in [5, 5.41) is 0. The fraction of sp³-hybridized carbons (Fsp3) is 0.543. The van der Waals surface area contributed by atoms with Crippen LogP contribution in [0.1, 0.15) is 120 Å². The number of ether oxygens (including phenoxy) is 1. The average Bonchev–Trinajstić information content (AvgIpc) is 2.96. The van der Waals surface area contributed by atoms with Crippen molar-refractivity contribution < 1.29 is 4.74 Å². The minimum atomic E-state index is 0.535. The molecular weight excluding hydrogens is 464 g/mol. The molecule has 206 valence electrons. The molecule has 0 saturated carbocycles. The Hall–Kier alpha value is -2.68. The van der Waals surface area contributed by atoms with Crippen LogP contribution in [0.2, 0.25) is 0 Å². The van der Waals surface area contributed by atoms with Crippen molar-refractivity contribution in [2.45, 2.75) is 123 Å². The van der Waals surface area contributed by atoms with E-state index in [1.807, 2.05) is 0 Å². The number of nitrogens with zero attached hydrogens (tertiary/aromatic N) is 2. The number of rotatable bonds is 20. The molecular formula is C35H50N2O. The van der Waals surface area contributed by atoms with Crippen LogP contribution in [-0.4, -0.2) is 9.97 Å². The van der Waals surface area contributed by atoms with Gasteiger partial charge >= 0.3 is 0 Å². The van der Waals surface area contributed by atoms with E-state index >= 15 is 0 Å². The highest BCUT2D eigenvalue weighted by atomic mass is 16.5. The Morgan fingerprint density at radius 3 is 1.42 bits per heavy atom. The molecule has 0 spiro atoms. The van der Waals surface area contributed by atoms with E-state index in [-0.39, 0.29) is 0 Å². The molecule has 0 aliphatic rings. The highest BCUT2D eigenvalue weighted by Gasteiger charge is 2.04. The third-order valence-electron chi connectivity index (χ3n) is 7.41. The zero-order valence-electron chi connectivity index (χ0n) is 24.1. The molecule has 2 aromatic carbocycles. The Labute approximate surface area is 232 Å². The molecule has 3 heteroatoms. The van der Waals surface area contributed by atoms with Gasteiger partial charge in [0.2, 0.25) is 0 Å². The molecule has 0 atom stereocenters. The molecule has 0 bridgehead atoms. The molecule has 0 radical (unpaired) electrons. The first-order valence-corrected chi connectivity index (χ1v) is 15.4. The van der Waals surface area contributed by atoms with Crippen LogP contribution in [0.5, 0.6) is 5.75 Å². The molecule has 3 nitrogen and oxygen atoms in total. The second kappa shape index (κ2) is 18.6. The van der Waals surface area contributed by atoms with Crippen LogP contribution in [0.15, 0.2) is 60.9 Å². The molecule has 0 N–H and O–H groups in total. The Morgan fingerprint density at radius 2 is 0.921 bits per heavy atom. The summed E-state index contributed by atoms with van der Waals surface area (Å²) in [5.74, 6) is 1.45. The summed E-state index contributed by atoms with van der Waals surface area (Å²) >= 11 is 0. The molecule has 0 aliphatic carbocycles. The van der Waals surface area contributed by atoms with Gasteiger partial charge in [-0.3, -0.25) is 0 Å². The summed E-state index contributed by atoms with van der Waals surface area (Å²) in [6.45, 7) is 5.08. The van der Waals surface area contributed by atoms with E-state index in [0.29, 0.717) is 12.4 Å². The van der Waals surface area contributed by atoms with Gasteiger partial charge in [-0.1, -0.05) is 139 Å². The molecule has 0 saturated heterocycles. The van der Waals surface area contributed by atoms with Gasteiger partial charge < -0.3 is 4.74 Å². The predicted octanol–water partition coefficient (Wildman–Crippen LogP) is 10.3. The topological polar surface area (TPSA) is 35.0 Å². The summed E-state index contributed by atoms with van der Waals surface area (Å²) < 4.78 is 5.94. The van der Waals surface area contributed by atoms with E-state index < -0.39 is 0 Å². The molecule has 0 unspecified atom stereocenters. The maximum atomic E-state index is 5.94. The Kier molecular flexibility index (Phi) is 14.6. The van der Waals surface area contributed by atoms with E-state index in [4.69, 9.17) is 4.74 Å². The quantitative estimate of drug-likeness (QED) is 0.141. The molecule has 3 aromatic rings. The van der Waals surface area contributed by atoms with E-state index in [1.54, 1.807) is 12.4 Å². The second-order valence-corrected chi connectivity index (χ2v) is 10.8. The lowest BCUT2D eigenvalue weighted by Crippen LogP contribution is -1.98. The first-order chi connectivity index (χ1) is 18.8. The minimum absolute atomic E-state index is 0.535. The van der Waals surface area contributed by atoms with Crippen LogP contribution in [-0.2, 0) is 19.4 Å². The first-order valence-electron chi connectivity index (χ1n) is 15.4. The SMILES string of the molecule is CCCCCCCCCCc1ccc(-c2ncc(OCc3ccc(CCCCCCCC)cc3)cn2)cc1. The van der Waals surface area contributed by atoms with Crippen LogP contribution in [0.4, 0.5) is 0 Å². The standard InChI is InChI=1S/C35H50N2O/c1-3-5-7-9-11-12-14-16-18-31-23-25-33(26-24-31)35-36-27-34(28-37-35)38-29-32-21-19-30(20-22-32)17-15-13-10-8-6-4-2/h19-28H,3-18,29H2,1-2H3. The number of unbranched alkanes of at least 4 members (excludes halogenated alkanes) is 12. The summed E-state index contributed by atoms with van der Waals surface area (Å²) in [5.41, 5.74) is 5.04. The van der Waals surface area contributed by atoms with Gasteiger partial charge in [0.25, 0.3) is 0 Å². The van der Waals surface area contributed by atoms with Gasteiger partial charge in [0.1, 0.15) is 6.61 Å². The molecule has 1 heterocycles. The maximum absolute atomic E-state index is 5.94. The lowest BCUT2D eigenvalue weighted by molar-refractivity contribution is 0.303. The highest BCUT2D eigenvalue weighted by molar-refractivity contribution is 5.55. The zero-order chi connectivity index (χ0) is 26.7. The number of hydrogen-bond donors (Lipinski definition) is 0. The van der Waals surface area contributed by atoms with E-state index in [0.717, 1.165) is 17.8 Å². The summed E-state index contributed by atoms with van der Waals surface area (Å²) in [6.07, 6.45) is 24.8. The molecule has 3 rings (SSSR count). The lowest BCUT2D eigenvalue weighted by Gasteiger charge is -2.08. The lowest BCUT2D eigenvalue weighted by atomic mass is 10.0. The van der Waals surface area contributed by atoms with Gasteiger partial charge in [0, 0.05) is 5.56 Å². The zero-order valence-corrected chi connectivity index (χ0v) is 24.1. The van der Waals surface area contributed by atoms with Gasteiger partial charge in [-0.25, -0.2) is 9.97 Å². The smallest absolute Gasteiger partial charge is 0.159 e. The summed E-state index contributed by atoms with van der Waals surface area (Å²) in [6, 6.07) is 17.6. The molecule has 0 fully saturated rings. The van der Waals surface area contributed by atoms with E-state index in [9.17, 15) is 0 Å².